The van der Waals surface area contributed by atoms with Crippen LogP contribution in [0.1, 0.15) is 19.8 Å². The predicted molar refractivity (Wildman–Crippen MR) is 75.0 cm³/mol. The molecule has 5 heteroatoms. The molecule has 0 spiro atoms. The monoisotopic (exact) mass is 276 g/mol. The van der Waals surface area contributed by atoms with Crippen molar-refractivity contribution in [2.45, 2.75) is 38.0 Å². The van der Waals surface area contributed by atoms with Crippen molar-refractivity contribution in [2.24, 2.45) is 0 Å². The number of nitrogens with one attached hydrogen (secondary N) is 2. The molecule has 0 radical (unpaired) electrons. The molecule has 1 fully saturated rings. The van der Waals surface area contributed by atoms with Gasteiger partial charge in [-0.15, -0.1) is 0 Å². The van der Waals surface area contributed by atoms with E-state index in [1.807, 2.05) is 31.2 Å². The van der Waals surface area contributed by atoms with Crippen LogP contribution in [-0.4, -0.2) is 37.2 Å². The molecule has 1 saturated heterocycles. The fraction of sp³-hybridized carbons (Fsp3) is 0.533. The van der Waals surface area contributed by atoms with Crippen molar-refractivity contribution in [3.8, 4) is 11.5 Å². The number of carbonyl (C=O) groups excluding carboxylic acids is 1. The molecule has 1 amide bonds. The molecule has 0 aliphatic carbocycles. The van der Waals surface area contributed by atoms with E-state index in [1.165, 1.54) is 6.42 Å². The van der Waals surface area contributed by atoms with Crippen molar-refractivity contribution in [2.75, 3.05) is 13.1 Å². The normalized spacial score (nSPS) is 28.1. The molecule has 108 valence electrons. The van der Waals surface area contributed by atoms with Crippen LogP contribution in [0.25, 0.3) is 0 Å². The van der Waals surface area contributed by atoms with Gasteiger partial charge in [0.1, 0.15) is 6.10 Å². The fourth-order valence-electron chi connectivity index (χ4n) is 2.66. The van der Waals surface area contributed by atoms with Crippen LogP contribution in [0.15, 0.2) is 24.3 Å². The lowest BCUT2D eigenvalue weighted by Crippen LogP contribution is -2.51. The van der Waals surface area contributed by atoms with Gasteiger partial charge in [0.25, 0.3) is 5.91 Å². The summed E-state index contributed by atoms with van der Waals surface area (Å²) in [7, 11) is 0. The number of carbonyl (C=O) groups is 1. The zero-order valence-electron chi connectivity index (χ0n) is 11.6. The maximum atomic E-state index is 12.2. The third kappa shape index (κ3) is 2.72. The number of rotatable bonds is 3. The van der Waals surface area contributed by atoms with E-state index in [1.54, 1.807) is 0 Å². The maximum absolute atomic E-state index is 12.2. The van der Waals surface area contributed by atoms with Gasteiger partial charge >= 0.3 is 0 Å². The molecule has 0 aromatic heterocycles. The van der Waals surface area contributed by atoms with E-state index in [0.717, 1.165) is 13.0 Å². The smallest absolute Gasteiger partial charge is 0.265 e. The number of fused-ring (bicyclic) bond motifs is 1. The summed E-state index contributed by atoms with van der Waals surface area (Å²) in [6, 6.07) is 7.81. The van der Waals surface area contributed by atoms with Crippen LogP contribution >= 0.6 is 0 Å². The number of hydrogen-bond donors (Lipinski definition) is 2. The highest BCUT2D eigenvalue weighted by molar-refractivity contribution is 5.82. The Morgan fingerprint density at radius 2 is 2.10 bits per heavy atom. The van der Waals surface area contributed by atoms with E-state index in [9.17, 15) is 4.79 Å². The molecule has 2 aliphatic rings. The SMILES string of the molecule is CC1Oc2ccccc2OC1C(=O)NCC1CCCN1. The minimum Gasteiger partial charge on any atom is -0.482 e. The van der Waals surface area contributed by atoms with Crippen LogP contribution < -0.4 is 20.1 Å². The molecular formula is C15H20N2O3. The van der Waals surface area contributed by atoms with Crippen LogP contribution in [0.2, 0.25) is 0 Å². The molecule has 0 bridgehead atoms. The highest BCUT2D eigenvalue weighted by atomic mass is 16.6. The summed E-state index contributed by atoms with van der Waals surface area (Å²) in [5.74, 6) is 1.21. The maximum Gasteiger partial charge on any atom is 0.265 e. The first-order valence-corrected chi connectivity index (χ1v) is 7.17. The van der Waals surface area contributed by atoms with Gasteiger partial charge in [-0.05, 0) is 38.4 Å². The van der Waals surface area contributed by atoms with Gasteiger partial charge in [-0.25, -0.2) is 0 Å². The molecule has 3 atom stereocenters. The summed E-state index contributed by atoms with van der Waals surface area (Å²) in [4.78, 5) is 12.2. The van der Waals surface area contributed by atoms with Crippen molar-refractivity contribution in [1.29, 1.82) is 0 Å². The van der Waals surface area contributed by atoms with E-state index >= 15 is 0 Å². The number of amides is 1. The molecule has 0 saturated carbocycles. The lowest BCUT2D eigenvalue weighted by Gasteiger charge is -2.31. The lowest BCUT2D eigenvalue weighted by atomic mass is 10.1. The number of hydrogen-bond acceptors (Lipinski definition) is 4. The van der Waals surface area contributed by atoms with Crippen LogP contribution in [-0.2, 0) is 4.79 Å². The summed E-state index contributed by atoms with van der Waals surface area (Å²) in [6.07, 6.45) is 1.40. The van der Waals surface area contributed by atoms with Gasteiger partial charge in [0.2, 0.25) is 6.10 Å². The molecular weight excluding hydrogens is 256 g/mol. The van der Waals surface area contributed by atoms with Gasteiger partial charge < -0.3 is 20.1 Å². The van der Waals surface area contributed by atoms with Gasteiger partial charge in [-0.2, -0.15) is 0 Å². The topological polar surface area (TPSA) is 59.6 Å². The Bertz CT molecular complexity index is 486. The summed E-state index contributed by atoms with van der Waals surface area (Å²) in [6.45, 7) is 3.54. The van der Waals surface area contributed by atoms with Crippen molar-refractivity contribution in [3.05, 3.63) is 24.3 Å². The van der Waals surface area contributed by atoms with Crippen LogP contribution in [0.5, 0.6) is 11.5 Å². The second-order valence-electron chi connectivity index (χ2n) is 5.35. The molecule has 3 unspecified atom stereocenters. The molecule has 2 N–H and O–H groups in total. The zero-order chi connectivity index (χ0) is 13.9. The second-order valence-corrected chi connectivity index (χ2v) is 5.35. The average Bonchev–Trinajstić information content (AvgIpc) is 2.97. The van der Waals surface area contributed by atoms with E-state index in [-0.39, 0.29) is 12.0 Å². The first kappa shape index (κ1) is 13.2. The Kier molecular flexibility index (Phi) is 3.78. The van der Waals surface area contributed by atoms with Crippen molar-refractivity contribution >= 4 is 5.91 Å². The average molecular weight is 276 g/mol. The van der Waals surface area contributed by atoms with Crippen molar-refractivity contribution < 1.29 is 14.3 Å². The van der Waals surface area contributed by atoms with Gasteiger partial charge in [0, 0.05) is 12.6 Å². The fourth-order valence-corrected chi connectivity index (χ4v) is 2.66. The van der Waals surface area contributed by atoms with E-state index < -0.39 is 6.10 Å². The number of ether oxygens (including phenoxy) is 2. The Hall–Kier alpha value is -1.75. The summed E-state index contributed by atoms with van der Waals surface area (Å²) in [5.41, 5.74) is 0. The highest BCUT2D eigenvalue weighted by Gasteiger charge is 2.34. The van der Waals surface area contributed by atoms with Gasteiger partial charge in [-0.1, -0.05) is 12.1 Å². The quantitative estimate of drug-likeness (QED) is 0.867. The first-order chi connectivity index (χ1) is 9.74. The Balaban J connectivity index is 1.60. The minimum absolute atomic E-state index is 0.110. The van der Waals surface area contributed by atoms with E-state index in [4.69, 9.17) is 9.47 Å². The van der Waals surface area contributed by atoms with Crippen molar-refractivity contribution in [3.63, 3.8) is 0 Å². The van der Waals surface area contributed by atoms with Crippen molar-refractivity contribution in [1.82, 2.24) is 10.6 Å². The third-order valence-corrected chi connectivity index (χ3v) is 3.79. The molecule has 1 aromatic carbocycles. The number of benzene rings is 1. The highest BCUT2D eigenvalue weighted by Crippen LogP contribution is 2.33. The molecule has 20 heavy (non-hydrogen) atoms. The zero-order valence-corrected chi connectivity index (χ0v) is 11.6. The molecule has 5 nitrogen and oxygen atoms in total. The molecule has 2 aliphatic heterocycles. The Labute approximate surface area is 118 Å². The van der Waals surface area contributed by atoms with Crippen LogP contribution in [0.4, 0.5) is 0 Å². The summed E-state index contributed by atoms with van der Waals surface area (Å²) >= 11 is 0. The second kappa shape index (κ2) is 5.71. The van der Waals surface area contributed by atoms with E-state index in [0.29, 0.717) is 24.1 Å². The first-order valence-electron chi connectivity index (χ1n) is 7.17. The van der Waals surface area contributed by atoms with Gasteiger partial charge in [-0.3, -0.25) is 4.79 Å². The minimum atomic E-state index is -0.591. The predicted octanol–water partition coefficient (Wildman–Crippen LogP) is 1.08. The van der Waals surface area contributed by atoms with Gasteiger partial charge in [0.05, 0.1) is 0 Å². The number of para-hydroxylation sites is 2. The molecule has 2 heterocycles. The van der Waals surface area contributed by atoms with Gasteiger partial charge in [0.15, 0.2) is 11.5 Å². The van der Waals surface area contributed by atoms with E-state index in [2.05, 4.69) is 10.6 Å². The molecule has 1 aromatic rings. The summed E-state index contributed by atoms with van der Waals surface area (Å²) in [5, 5.41) is 6.30. The largest absolute Gasteiger partial charge is 0.482 e. The molecule has 3 rings (SSSR count). The van der Waals surface area contributed by atoms with Crippen LogP contribution in [0.3, 0.4) is 0 Å². The lowest BCUT2D eigenvalue weighted by molar-refractivity contribution is -0.133. The Morgan fingerprint density at radius 3 is 2.80 bits per heavy atom. The summed E-state index contributed by atoms with van der Waals surface area (Å²) < 4.78 is 11.5. The Morgan fingerprint density at radius 1 is 1.35 bits per heavy atom. The standard InChI is InChI=1S/C15H20N2O3/c1-10-14(15(18)17-9-11-5-4-8-16-11)20-13-7-3-2-6-12(13)19-10/h2-3,6-7,10-11,14,16H,4-5,8-9H2,1H3,(H,17,18). The third-order valence-electron chi connectivity index (χ3n) is 3.79. The van der Waals surface area contributed by atoms with Crippen LogP contribution in [0, 0.1) is 0 Å².